The van der Waals surface area contributed by atoms with Crippen molar-refractivity contribution in [3.8, 4) is 5.88 Å². The molecule has 12 heteroatoms. The van der Waals surface area contributed by atoms with E-state index in [1.54, 1.807) is 12.1 Å². The van der Waals surface area contributed by atoms with Crippen LogP contribution in [0.25, 0.3) is 11.0 Å². The van der Waals surface area contributed by atoms with Crippen LogP contribution in [0.15, 0.2) is 41.6 Å². The van der Waals surface area contributed by atoms with Gasteiger partial charge in [-0.2, -0.15) is 31.3 Å². The van der Waals surface area contributed by atoms with E-state index in [2.05, 4.69) is 15.1 Å². The van der Waals surface area contributed by atoms with Crippen molar-refractivity contribution in [2.45, 2.75) is 19.3 Å². The van der Waals surface area contributed by atoms with Gasteiger partial charge in [-0.3, -0.25) is 0 Å². The van der Waals surface area contributed by atoms with Crippen molar-refractivity contribution in [3.05, 3.63) is 63.3 Å². The van der Waals surface area contributed by atoms with Crippen LogP contribution in [0.5, 0.6) is 5.88 Å². The second-order valence-corrected chi connectivity index (χ2v) is 6.81. The Kier molecular flexibility index (Phi) is 5.83. The molecule has 0 radical (unpaired) electrons. The lowest BCUT2D eigenvalue weighted by Gasteiger charge is -2.13. The standard InChI is InChI=1S/C18H9Cl2F6N3O/c1-8(10-3-2-9(19)6-13(10)20)29-30-15-5-4-11-12(17(21,22)23)7-14(18(24,25)26)27-16(11)28-15/h2-7H,1H3/b29-8-. The van der Waals surface area contributed by atoms with Gasteiger partial charge in [0.15, 0.2) is 5.65 Å². The second kappa shape index (κ2) is 7.92. The fourth-order valence-electron chi connectivity index (χ4n) is 2.47. The summed E-state index contributed by atoms with van der Waals surface area (Å²) in [6, 6.07) is 6.47. The quantitative estimate of drug-likeness (QED) is 0.242. The maximum absolute atomic E-state index is 13.2. The topological polar surface area (TPSA) is 47.4 Å². The van der Waals surface area contributed by atoms with E-state index < -0.39 is 34.6 Å². The van der Waals surface area contributed by atoms with E-state index in [0.29, 0.717) is 10.6 Å². The number of hydrogen-bond acceptors (Lipinski definition) is 4. The first kappa shape index (κ1) is 22.1. The Balaban J connectivity index is 2.02. The Hall–Kier alpha value is -2.59. The van der Waals surface area contributed by atoms with Gasteiger partial charge in [-0.25, -0.2) is 4.98 Å². The number of hydrogen-bond donors (Lipinski definition) is 0. The summed E-state index contributed by atoms with van der Waals surface area (Å²) >= 11 is 11.9. The molecule has 0 aliphatic heterocycles. The summed E-state index contributed by atoms with van der Waals surface area (Å²) < 4.78 is 78.5. The molecule has 30 heavy (non-hydrogen) atoms. The fraction of sp³-hybridized carbons (Fsp3) is 0.167. The monoisotopic (exact) mass is 467 g/mol. The van der Waals surface area contributed by atoms with Gasteiger partial charge in [-0.05, 0) is 31.2 Å². The molecule has 0 N–H and O–H groups in total. The molecule has 0 saturated heterocycles. The number of alkyl halides is 6. The van der Waals surface area contributed by atoms with Crippen LogP contribution >= 0.6 is 23.2 Å². The average molecular weight is 468 g/mol. The zero-order valence-electron chi connectivity index (χ0n) is 14.7. The number of nitrogens with zero attached hydrogens (tertiary/aromatic N) is 3. The molecule has 0 saturated carbocycles. The minimum Gasteiger partial charge on any atom is -0.336 e. The summed E-state index contributed by atoms with van der Waals surface area (Å²) in [5.41, 5.74) is -3.29. The summed E-state index contributed by atoms with van der Waals surface area (Å²) in [6.07, 6.45) is -10.1. The van der Waals surface area contributed by atoms with Gasteiger partial charge in [0.25, 0.3) is 5.88 Å². The summed E-state index contributed by atoms with van der Waals surface area (Å²) in [5, 5.41) is 3.81. The highest BCUT2D eigenvalue weighted by Gasteiger charge is 2.39. The van der Waals surface area contributed by atoms with Crippen LogP contribution in [-0.2, 0) is 12.4 Å². The molecule has 0 bridgehead atoms. The third-order valence-corrected chi connectivity index (χ3v) is 4.39. The molecule has 0 fully saturated rings. The fourth-order valence-corrected chi connectivity index (χ4v) is 3.01. The normalized spacial score (nSPS) is 13.0. The lowest BCUT2D eigenvalue weighted by atomic mass is 10.1. The van der Waals surface area contributed by atoms with E-state index in [0.717, 1.165) is 12.1 Å². The van der Waals surface area contributed by atoms with Crippen LogP contribution in [0.4, 0.5) is 26.3 Å². The average Bonchev–Trinajstić information content (AvgIpc) is 2.63. The van der Waals surface area contributed by atoms with Gasteiger partial charge < -0.3 is 4.84 Å². The van der Waals surface area contributed by atoms with Crippen LogP contribution in [0.1, 0.15) is 23.7 Å². The molecule has 158 valence electrons. The number of pyridine rings is 2. The minimum absolute atomic E-state index is 0.0601. The molecule has 0 aliphatic carbocycles. The van der Waals surface area contributed by atoms with Crippen molar-refractivity contribution in [2.24, 2.45) is 5.16 Å². The van der Waals surface area contributed by atoms with Crippen LogP contribution in [0, 0.1) is 0 Å². The third-order valence-electron chi connectivity index (χ3n) is 3.84. The van der Waals surface area contributed by atoms with Crippen molar-refractivity contribution in [3.63, 3.8) is 0 Å². The Morgan fingerprint density at radius 1 is 0.933 bits per heavy atom. The molecule has 2 heterocycles. The van der Waals surface area contributed by atoms with E-state index in [1.165, 1.54) is 13.0 Å². The van der Waals surface area contributed by atoms with E-state index in [-0.39, 0.29) is 22.7 Å². The molecule has 0 spiro atoms. The third kappa shape index (κ3) is 4.76. The number of oxime groups is 1. The SMILES string of the molecule is C/C(=N/Oc1ccc2c(C(F)(F)F)cc(C(F)(F)F)nc2n1)c1ccc(Cl)cc1Cl. The summed E-state index contributed by atoms with van der Waals surface area (Å²) in [4.78, 5) is 11.9. The lowest BCUT2D eigenvalue weighted by Crippen LogP contribution is -2.14. The predicted octanol–water partition coefficient (Wildman–Crippen LogP) is 6.78. The molecule has 0 unspecified atom stereocenters. The first-order chi connectivity index (χ1) is 13.9. The van der Waals surface area contributed by atoms with Gasteiger partial charge in [-0.15, -0.1) is 0 Å². The molecule has 0 atom stereocenters. The Bertz CT molecular complexity index is 1150. The van der Waals surface area contributed by atoms with E-state index >= 15 is 0 Å². The number of fused-ring (bicyclic) bond motifs is 1. The first-order valence-electron chi connectivity index (χ1n) is 7.99. The first-order valence-corrected chi connectivity index (χ1v) is 8.75. The highest BCUT2D eigenvalue weighted by atomic mass is 35.5. The molecule has 0 aliphatic rings. The molecule has 3 aromatic rings. The molecule has 3 rings (SSSR count). The molecule has 1 aromatic carbocycles. The summed E-state index contributed by atoms with van der Waals surface area (Å²) in [6.45, 7) is 1.53. The number of rotatable bonds is 3. The maximum Gasteiger partial charge on any atom is 0.433 e. The second-order valence-electron chi connectivity index (χ2n) is 5.96. The zero-order chi connectivity index (χ0) is 22.3. The number of aromatic nitrogens is 2. The highest BCUT2D eigenvalue weighted by Crippen LogP contribution is 2.38. The smallest absolute Gasteiger partial charge is 0.336 e. The van der Waals surface area contributed by atoms with Crippen molar-refractivity contribution in [1.82, 2.24) is 9.97 Å². The van der Waals surface area contributed by atoms with Crippen molar-refractivity contribution in [2.75, 3.05) is 0 Å². The molecule has 0 amide bonds. The van der Waals surface area contributed by atoms with E-state index in [1.807, 2.05) is 0 Å². The molecular formula is C18H9Cl2F6N3O. The van der Waals surface area contributed by atoms with Crippen LogP contribution in [-0.4, -0.2) is 15.7 Å². The van der Waals surface area contributed by atoms with Crippen LogP contribution in [0.2, 0.25) is 10.0 Å². The van der Waals surface area contributed by atoms with Gasteiger partial charge in [0, 0.05) is 22.0 Å². The van der Waals surface area contributed by atoms with Crippen molar-refractivity contribution < 1.29 is 31.2 Å². The lowest BCUT2D eigenvalue weighted by molar-refractivity contribution is -0.144. The highest BCUT2D eigenvalue weighted by molar-refractivity contribution is 6.36. The van der Waals surface area contributed by atoms with Gasteiger partial charge in [0.2, 0.25) is 0 Å². The van der Waals surface area contributed by atoms with E-state index in [4.69, 9.17) is 28.0 Å². The van der Waals surface area contributed by atoms with Crippen molar-refractivity contribution >= 4 is 39.9 Å². The maximum atomic E-state index is 13.2. The predicted molar refractivity (Wildman–Crippen MR) is 98.8 cm³/mol. The van der Waals surface area contributed by atoms with Crippen LogP contribution in [0.3, 0.4) is 0 Å². The molecule has 2 aromatic heterocycles. The Morgan fingerprint density at radius 2 is 1.63 bits per heavy atom. The number of benzene rings is 1. The number of halogens is 8. The Labute approximate surface area is 175 Å². The van der Waals surface area contributed by atoms with E-state index in [9.17, 15) is 26.3 Å². The van der Waals surface area contributed by atoms with Crippen molar-refractivity contribution in [1.29, 1.82) is 0 Å². The Morgan fingerprint density at radius 3 is 2.23 bits per heavy atom. The van der Waals surface area contributed by atoms with Gasteiger partial charge in [0.1, 0.15) is 5.69 Å². The summed E-state index contributed by atoms with van der Waals surface area (Å²) in [7, 11) is 0. The van der Waals surface area contributed by atoms with Gasteiger partial charge in [-0.1, -0.05) is 34.4 Å². The van der Waals surface area contributed by atoms with Crippen LogP contribution < -0.4 is 4.84 Å². The molecular weight excluding hydrogens is 459 g/mol. The van der Waals surface area contributed by atoms with Gasteiger partial charge >= 0.3 is 12.4 Å². The zero-order valence-corrected chi connectivity index (χ0v) is 16.2. The minimum atomic E-state index is -5.09. The van der Waals surface area contributed by atoms with Gasteiger partial charge in [0.05, 0.1) is 16.3 Å². The summed E-state index contributed by atoms with van der Waals surface area (Å²) in [5.74, 6) is -0.355. The molecule has 4 nitrogen and oxygen atoms in total. The largest absolute Gasteiger partial charge is 0.433 e.